The van der Waals surface area contributed by atoms with Crippen LogP contribution in [0.15, 0.2) is 29.2 Å². The Bertz CT molecular complexity index is 489. The Kier molecular flexibility index (Phi) is 3.61. The summed E-state index contributed by atoms with van der Waals surface area (Å²) in [5.74, 6) is -1.74. The first kappa shape index (κ1) is 13.0. The van der Waals surface area contributed by atoms with Gasteiger partial charge in [0.1, 0.15) is 5.25 Å². The largest absolute Gasteiger partial charge is 0.481 e. The zero-order chi connectivity index (χ0) is 13.3. The van der Waals surface area contributed by atoms with Gasteiger partial charge in [-0.15, -0.1) is 11.8 Å². The molecule has 1 aliphatic heterocycles. The summed E-state index contributed by atoms with van der Waals surface area (Å²) in [6.45, 7) is 4.03. The van der Waals surface area contributed by atoms with Gasteiger partial charge in [0, 0.05) is 11.4 Å². The lowest BCUT2D eigenvalue weighted by Crippen LogP contribution is -2.45. The molecule has 4 nitrogen and oxygen atoms in total. The molecule has 1 aliphatic rings. The molecule has 0 aromatic heterocycles. The molecule has 5 heteroatoms. The van der Waals surface area contributed by atoms with E-state index in [-0.39, 0.29) is 5.91 Å². The first-order valence-corrected chi connectivity index (χ1v) is 6.74. The molecule has 0 spiro atoms. The van der Waals surface area contributed by atoms with E-state index >= 15 is 0 Å². The quantitative estimate of drug-likeness (QED) is 0.910. The molecule has 0 radical (unpaired) electrons. The van der Waals surface area contributed by atoms with Crippen LogP contribution >= 0.6 is 11.8 Å². The number of fused-ring (bicyclic) bond motifs is 1. The van der Waals surface area contributed by atoms with Crippen LogP contribution in [0.4, 0.5) is 5.69 Å². The third-order valence-electron chi connectivity index (χ3n) is 3.08. The van der Waals surface area contributed by atoms with Gasteiger partial charge in [0.05, 0.1) is 11.6 Å². The van der Waals surface area contributed by atoms with Crippen LogP contribution in [0.1, 0.15) is 13.8 Å². The van der Waals surface area contributed by atoms with Crippen LogP contribution in [0, 0.1) is 5.92 Å². The highest BCUT2D eigenvalue weighted by Gasteiger charge is 2.38. The Balaban J connectivity index is 2.40. The molecule has 1 aromatic rings. The summed E-state index contributed by atoms with van der Waals surface area (Å²) in [6, 6.07) is 7.61. The molecule has 1 amide bonds. The van der Waals surface area contributed by atoms with Crippen LogP contribution in [0.5, 0.6) is 0 Å². The zero-order valence-corrected chi connectivity index (χ0v) is 11.1. The molecule has 0 saturated carbocycles. The molecule has 0 bridgehead atoms. The first-order valence-electron chi connectivity index (χ1n) is 5.86. The number of hydrogen-bond donors (Lipinski definition) is 1. The summed E-state index contributed by atoms with van der Waals surface area (Å²) in [7, 11) is 0. The summed E-state index contributed by atoms with van der Waals surface area (Å²) < 4.78 is 0. The molecular weight excluding hydrogens is 250 g/mol. The summed E-state index contributed by atoms with van der Waals surface area (Å²) in [5, 5.41) is 8.53. The van der Waals surface area contributed by atoms with E-state index < -0.39 is 17.1 Å². The summed E-state index contributed by atoms with van der Waals surface area (Å²) in [6.07, 6.45) is 0. The fourth-order valence-corrected chi connectivity index (χ4v) is 3.29. The highest BCUT2D eigenvalue weighted by molar-refractivity contribution is 8.01. The van der Waals surface area contributed by atoms with Gasteiger partial charge >= 0.3 is 5.97 Å². The van der Waals surface area contributed by atoms with Crippen molar-refractivity contribution >= 4 is 29.3 Å². The molecule has 2 unspecified atom stereocenters. The smallest absolute Gasteiger partial charge is 0.307 e. The second-order valence-corrected chi connectivity index (χ2v) is 5.40. The summed E-state index contributed by atoms with van der Waals surface area (Å²) in [5.41, 5.74) is 0.879. The number of amides is 1. The first-order chi connectivity index (χ1) is 8.56. The van der Waals surface area contributed by atoms with Gasteiger partial charge in [0.2, 0.25) is 5.91 Å². The van der Waals surface area contributed by atoms with Gasteiger partial charge in [0.25, 0.3) is 0 Å². The molecule has 0 saturated heterocycles. The third-order valence-corrected chi connectivity index (χ3v) is 4.54. The maximum Gasteiger partial charge on any atom is 0.307 e. The number of para-hydroxylation sites is 1. The molecule has 0 fully saturated rings. The Morgan fingerprint density at radius 1 is 1.50 bits per heavy atom. The maximum atomic E-state index is 12.3. The van der Waals surface area contributed by atoms with E-state index in [0.29, 0.717) is 6.54 Å². The van der Waals surface area contributed by atoms with Crippen LogP contribution in [0.2, 0.25) is 0 Å². The monoisotopic (exact) mass is 265 g/mol. The van der Waals surface area contributed by atoms with Gasteiger partial charge in [-0.3, -0.25) is 9.59 Å². The number of hydrogen-bond acceptors (Lipinski definition) is 3. The molecule has 0 aliphatic carbocycles. The Morgan fingerprint density at radius 3 is 2.78 bits per heavy atom. The van der Waals surface area contributed by atoms with Crippen molar-refractivity contribution in [3.63, 3.8) is 0 Å². The Labute approximate surface area is 110 Å². The minimum absolute atomic E-state index is 0.115. The molecule has 1 N–H and O–H groups in total. The third kappa shape index (κ3) is 2.10. The average molecular weight is 265 g/mol. The number of aliphatic carboxylic acids is 1. The van der Waals surface area contributed by atoms with Gasteiger partial charge in [-0.1, -0.05) is 19.1 Å². The molecule has 96 valence electrons. The molecule has 2 rings (SSSR count). The minimum atomic E-state index is -0.934. The molecular formula is C13H15NO3S. The number of nitrogens with zero attached hydrogens (tertiary/aromatic N) is 1. The lowest BCUT2D eigenvalue weighted by Gasteiger charge is -2.34. The summed E-state index contributed by atoms with van der Waals surface area (Å²) >= 11 is 1.35. The van der Waals surface area contributed by atoms with Gasteiger partial charge in [-0.2, -0.15) is 0 Å². The molecule has 1 aromatic carbocycles. The van der Waals surface area contributed by atoms with E-state index in [4.69, 9.17) is 5.11 Å². The second kappa shape index (κ2) is 5.02. The van der Waals surface area contributed by atoms with Gasteiger partial charge in [-0.25, -0.2) is 0 Å². The fourth-order valence-electron chi connectivity index (χ4n) is 2.01. The van der Waals surface area contributed by atoms with E-state index in [9.17, 15) is 9.59 Å². The number of rotatable bonds is 3. The van der Waals surface area contributed by atoms with E-state index in [1.54, 1.807) is 11.8 Å². The van der Waals surface area contributed by atoms with Gasteiger partial charge in [-0.05, 0) is 19.1 Å². The van der Waals surface area contributed by atoms with E-state index in [2.05, 4.69) is 0 Å². The van der Waals surface area contributed by atoms with Crippen molar-refractivity contribution in [2.75, 3.05) is 11.4 Å². The molecule has 1 heterocycles. The van der Waals surface area contributed by atoms with Crippen LogP contribution in [-0.2, 0) is 9.59 Å². The highest BCUT2D eigenvalue weighted by Crippen LogP contribution is 2.41. The fraction of sp³-hybridized carbons (Fsp3) is 0.385. The SMILES string of the molecule is CCN1C(=O)C(C(C)C(=O)O)Sc2ccccc21. The standard InChI is InChI=1S/C13H15NO3S/c1-3-14-9-6-4-5-7-10(9)18-11(12(14)15)8(2)13(16)17/h4-8,11H,3H2,1-2H3,(H,16,17). The van der Waals surface area contributed by atoms with Crippen molar-refractivity contribution in [3.8, 4) is 0 Å². The number of carbonyl (C=O) groups is 2. The number of thioether (sulfide) groups is 1. The van der Waals surface area contributed by atoms with Crippen molar-refractivity contribution in [2.24, 2.45) is 5.92 Å². The number of anilines is 1. The second-order valence-electron chi connectivity index (χ2n) is 4.22. The average Bonchev–Trinajstić information content (AvgIpc) is 2.37. The topological polar surface area (TPSA) is 57.6 Å². The number of carboxylic acid groups (broad SMARTS) is 1. The lowest BCUT2D eigenvalue weighted by molar-refractivity contribution is -0.142. The lowest BCUT2D eigenvalue weighted by atomic mass is 10.1. The zero-order valence-electron chi connectivity index (χ0n) is 10.3. The van der Waals surface area contributed by atoms with Crippen LogP contribution in [0.3, 0.4) is 0 Å². The minimum Gasteiger partial charge on any atom is -0.481 e. The highest BCUT2D eigenvalue weighted by atomic mass is 32.2. The van der Waals surface area contributed by atoms with E-state index in [1.165, 1.54) is 11.8 Å². The normalized spacial score (nSPS) is 20.4. The maximum absolute atomic E-state index is 12.3. The van der Waals surface area contributed by atoms with Crippen LogP contribution < -0.4 is 4.90 Å². The predicted molar refractivity (Wildman–Crippen MR) is 70.9 cm³/mol. The van der Waals surface area contributed by atoms with Crippen molar-refractivity contribution in [1.29, 1.82) is 0 Å². The van der Waals surface area contributed by atoms with E-state index in [1.807, 2.05) is 31.2 Å². The van der Waals surface area contributed by atoms with Gasteiger partial charge in [0.15, 0.2) is 0 Å². The van der Waals surface area contributed by atoms with Crippen molar-refractivity contribution in [1.82, 2.24) is 0 Å². The predicted octanol–water partition coefficient (Wildman–Crippen LogP) is 2.23. The van der Waals surface area contributed by atoms with Crippen LogP contribution in [0.25, 0.3) is 0 Å². The van der Waals surface area contributed by atoms with Crippen molar-refractivity contribution < 1.29 is 14.7 Å². The summed E-state index contributed by atoms with van der Waals surface area (Å²) in [4.78, 5) is 26.0. The van der Waals surface area contributed by atoms with Crippen molar-refractivity contribution in [3.05, 3.63) is 24.3 Å². The van der Waals surface area contributed by atoms with Gasteiger partial charge < -0.3 is 10.0 Å². The van der Waals surface area contributed by atoms with Crippen LogP contribution in [-0.4, -0.2) is 28.8 Å². The molecule has 2 atom stereocenters. The number of benzene rings is 1. The number of carboxylic acids is 1. The molecule has 18 heavy (non-hydrogen) atoms. The Morgan fingerprint density at radius 2 is 2.17 bits per heavy atom. The van der Waals surface area contributed by atoms with Crippen molar-refractivity contribution in [2.45, 2.75) is 24.0 Å². The number of carbonyl (C=O) groups excluding carboxylic acids is 1. The Hall–Kier alpha value is -1.49. The van der Waals surface area contributed by atoms with E-state index in [0.717, 1.165) is 10.6 Å².